The molecule has 1 saturated heterocycles. The van der Waals surface area contributed by atoms with Crippen LogP contribution in [-0.2, 0) is 27.7 Å². The lowest BCUT2D eigenvalue weighted by atomic mass is 10.1. The molecule has 8 heteroatoms. The van der Waals surface area contributed by atoms with Gasteiger partial charge < -0.3 is 9.64 Å². The molecule has 0 spiro atoms. The van der Waals surface area contributed by atoms with Gasteiger partial charge in [-0.25, -0.2) is 18.4 Å². The minimum atomic E-state index is -3.54. The van der Waals surface area contributed by atoms with Crippen molar-refractivity contribution in [2.75, 3.05) is 37.7 Å². The Morgan fingerprint density at radius 3 is 2.59 bits per heavy atom. The minimum absolute atomic E-state index is 0.282. The van der Waals surface area contributed by atoms with Gasteiger partial charge in [-0.3, -0.25) is 0 Å². The maximum absolute atomic E-state index is 13.1. The number of nitrogens with zero attached hydrogens (tertiary/aromatic N) is 4. The van der Waals surface area contributed by atoms with Crippen molar-refractivity contribution in [1.82, 2.24) is 14.3 Å². The Labute approximate surface area is 160 Å². The van der Waals surface area contributed by atoms with Crippen molar-refractivity contribution in [3.8, 4) is 0 Å². The summed E-state index contributed by atoms with van der Waals surface area (Å²) in [6.45, 7) is 7.47. The molecule has 0 saturated carbocycles. The quantitative estimate of drug-likeness (QED) is 0.796. The van der Waals surface area contributed by atoms with Crippen molar-refractivity contribution < 1.29 is 13.2 Å². The predicted octanol–water partition coefficient (Wildman–Crippen LogP) is 1.68. The van der Waals surface area contributed by atoms with E-state index in [4.69, 9.17) is 4.74 Å². The highest BCUT2D eigenvalue weighted by atomic mass is 32.2. The van der Waals surface area contributed by atoms with Gasteiger partial charge in [0, 0.05) is 25.8 Å². The zero-order chi connectivity index (χ0) is 19.0. The van der Waals surface area contributed by atoms with E-state index in [1.54, 1.807) is 12.1 Å². The fourth-order valence-electron chi connectivity index (χ4n) is 3.41. The monoisotopic (exact) mass is 388 g/mol. The summed E-state index contributed by atoms with van der Waals surface area (Å²) >= 11 is 0. The number of morpholine rings is 1. The van der Waals surface area contributed by atoms with E-state index >= 15 is 0 Å². The molecule has 0 aliphatic carbocycles. The molecular formula is C19H24N4O3S. The molecular weight excluding hydrogens is 364 g/mol. The second-order valence-corrected chi connectivity index (χ2v) is 9.01. The molecule has 1 fully saturated rings. The molecule has 4 rings (SSSR count). The predicted molar refractivity (Wildman–Crippen MR) is 102 cm³/mol. The minimum Gasteiger partial charge on any atom is -0.378 e. The number of aromatic nitrogens is 2. The van der Waals surface area contributed by atoms with Gasteiger partial charge in [0.15, 0.2) is 0 Å². The number of rotatable bonds is 3. The molecule has 0 radical (unpaired) electrons. The van der Waals surface area contributed by atoms with Crippen LogP contribution in [0.25, 0.3) is 0 Å². The van der Waals surface area contributed by atoms with E-state index in [2.05, 4.69) is 14.9 Å². The van der Waals surface area contributed by atoms with Gasteiger partial charge in [0.05, 0.1) is 30.3 Å². The Hall–Kier alpha value is -2.03. The second kappa shape index (κ2) is 7.18. The van der Waals surface area contributed by atoms with Crippen molar-refractivity contribution in [1.29, 1.82) is 0 Å². The van der Waals surface area contributed by atoms with Crippen LogP contribution in [-0.4, -0.2) is 55.5 Å². The van der Waals surface area contributed by atoms with E-state index in [1.165, 1.54) is 4.31 Å². The normalized spacial score (nSPS) is 18.4. The van der Waals surface area contributed by atoms with E-state index < -0.39 is 10.0 Å². The van der Waals surface area contributed by atoms with Crippen LogP contribution in [0.15, 0.2) is 29.3 Å². The highest BCUT2D eigenvalue weighted by Crippen LogP contribution is 2.26. The summed E-state index contributed by atoms with van der Waals surface area (Å²) in [6.07, 6.45) is 2.47. The number of hydrogen-bond acceptors (Lipinski definition) is 6. The number of ether oxygens (including phenoxy) is 1. The van der Waals surface area contributed by atoms with Crippen molar-refractivity contribution in [2.45, 2.75) is 31.7 Å². The third-order valence-electron chi connectivity index (χ3n) is 5.31. The first-order valence-electron chi connectivity index (χ1n) is 9.20. The van der Waals surface area contributed by atoms with E-state index in [0.717, 1.165) is 35.5 Å². The number of anilines is 1. The molecule has 1 aromatic heterocycles. The molecule has 0 bridgehead atoms. The zero-order valence-electron chi connectivity index (χ0n) is 15.7. The summed E-state index contributed by atoms with van der Waals surface area (Å²) in [5, 5.41) is 0. The summed E-state index contributed by atoms with van der Waals surface area (Å²) < 4.78 is 33.1. The van der Waals surface area contributed by atoms with Gasteiger partial charge in [-0.1, -0.05) is 6.07 Å². The number of benzene rings is 1. The molecule has 0 amide bonds. The summed E-state index contributed by atoms with van der Waals surface area (Å²) in [5.41, 5.74) is 3.88. The Bertz CT molecular complexity index is 955. The van der Waals surface area contributed by atoms with Crippen molar-refractivity contribution in [3.63, 3.8) is 0 Å². The molecule has 3 heterocycles. The first kappa shape index (κ1) is 18.3. The van der Waals surface area contributed by atoms with Crippen LogP contribution < -0.4 is 4.90 Å². The SMILES string of the molecule is Cc1ccc(S(=O)(=O)N2CCc3cnc(N4CCOCC4)nc3C2)cc1C. The molecule has 2 aliphatic heterocycles. The highest BCUT2D eigenvalue weighted by Gasteiger charge is 2.30. The lowest BCUT2D eigenvalue weighted by molar-refractivity contribution is 0.122. The Balaban J connectivity index is 1.60. The van der Waals surface area contributed by atoms with Crippen LogP contribution in [0.4, 0.5) is 5.95 Å². The maximum Gasteiger partial charge on any atom is 0.243 e. The number of aryl methyl sites for hydroxylation is 2. The van der Waals surface area contributed by atoms with Crippen LogP contribution in [0.5, 0.6) is 0 Å². The van der Waals surface area contributed by atoms with E-state index in [1.807, 2.05) is 26.1 Å². The molecule has 144 valence electrons. The molecule has 0 unspecified atom stereocenters. The topological polar surface area (TPSA) is 75.6 Å². The van der Waals surface area contributed by atoms with Crippen LogP contribution >= 0.6 is 0 Å². The number of sulfonamides is 1. The van der Waals surface area contributed by atoms with E-state index in [-0.39, 0.29) is 6.54 Å². The van der Waals surface area contributed by atoms with Gasteiger partial charge >= 0.3 is 0 Å². The van der Waals surface area contributed by atoms with Gasteiger partial charge in [0.25, 0.3) is 0 Å². The van der Waals surface area contributed by atoms with Crippen molar-refractivity contribution >= 4 is 16.0 Å². The van der Waals surface area contributed by atoms with Crippen molar-refractivity contribution in [3.05, 3.63) is 46.8 Å². The van der Waals surface area contributed by atoms with E-state index in [0.29, 0.717) is 37.0 Å². The summed E-state index contributed by atoms with van der Waals surface area (Å²) in [7, 11) is -3.54. The van der Waals surface area contributed by atoms with E-state index in [9.17, 15) is 8.42 Å². The zero-order valence-corrected chi connectivity index (χ0v) is 16.5. The lowest BCUT2D eigenvalue weighted by Gasteiger charge is -2.30. The summed E-state index contributed by atoms with van der Waals surface area (Å²) in [5.74, 6) is 0.655. The standard InChI is InChI=1S/C19H24N4O3S/c1-14-3-4-17(11-15(14)2)27(24,25)23-6-5-16-12-20-19(21-18(16)13-23)22-7-9-26-10-8-22/h3-4,11-12H,5-10,13H2,1-2H3. The molecule has 27 heavy (non-hydrogen) atoms. The molecule has 1 aromatic carbocycles. The maximum atomic E-state index is 13.1. The first-order valence-corrected chi connectivity index (χ1v) is 10.6. The molecule has 0 atom stereocenters. The fraction of sp³-hybridized carbons (Fsp3) is 0.474. The second-order valence-electron chi connectivity index (χ2n) is 7.08. The average Bonchev–Trinajstić information content (AvgIpc) is 2.69. The smallest absolute Gasteiger partial charge is 0.243 e. The highest BCUT2D eigenvalue weighted by molar-refractivity contribution is 7.89. The third kappa shape index (κ3) is 3.56. The molecule has 7 nitrogen and oxygen atoms in total. The van der Waals surface area contributed by atoms with Crippen LogP contribution in [0.3, 0.4) is 0 Å². The summed E-state index contributed by atoms with van der Waals surface area (Å²) in [6, 6.07) is 5.30. The van der Waals surface area contributed by atoms with Crippen LogP contribution in [0, 0.1) is 13.8 Å². The number of hydrogen-bond donors (Lipinski definition) is 0. The van der Waals surface area contributed by atoms with Gasteiger partial charge in [0.2, 0.25) is 16.0 Å². The van der Waals surface area contributed by atoms with Crippen LogP contribution in [0.1, 0.15) is 22.4 Å². The van der Waals surface area contributed by atoms with Crippen molar-refractivity contribution in [2.24, 2.45) is 0 Å². The Morgan fingerprint density at radius 2 is 1.85 bits per heavy atom. The third-order valence-corrected chi connectivity index (χ3v) is 7.15. The lowest BCUT2D eigenvalue weighted by Crippen LogP contribution is -2.39. The molecule has 2 aliphatic rings. The average molecular weight is 388 g/mol. The number of fused-ring (bicyclic) bond motifs is 1. The first-order chi connectivity index (χ1) is 12.9. The largest absolute Gasteiger partial charge is 0.378 e. The summed E-state index contributed by atoms with van der Waals surface area (Å²) in [4.78, 5) is 11.6. The fourth-order valence-corrected chi connectivity index (χ4v) is 4.90. The Kier molecular flexibility index (Phi) is 4.88. The van der Waals surface area contributed by atoms with Gasteiger partial charge in [-0.05, 0) is 49.1 Å². The van der Waals surface area contributed by atoms with Gasteiger partial charge in [-0.15, -0.1) is 0 Å². The molecule has 0 N–H and O–H groups in total. The van der Waals surface area contributed by atoms with Gasteiger partial charge in [-0.2, -0.15) is 4.31 Å². The van der Waals surface area contributed by atoms with Gasteiger partial charge in [0.1, 0.15) is 0 Å². The van der Waals surface area contributed by atoms with Crippen LogP contribution in [0.2, 0.25) is 0 Å². The Morgan fingerprint density at radius 1 is 1.07 bits per heavy atom. The molecule has 2 aromatic rings.